The van der Waals surface area contributed by atoms with Gasteiger partial charge in [0.05, 0.1) is 11.6 Å². The second-order valence-corrected chi connectivity index (χ2v) is 4.70. The van der Waals surface area contributed by atoms with Gasteiger partial charge in [-0.05, 0) is 30.7 Å². The molecule has 0 heterocycles. The highest BCUT2D eigenvalue weighted by atomic mass is 35.5. The molecule has 19 heavy (non-hydrogen) atoms. The van der Waals surface area contributed by atoms with Gasteiger partial charge in [-0.1, -0.05) is 41.9 Å². The molecule has 0 radical (unpaired) electrons. The molecule has 0 fully saturated rings. The lowest BCUT2D eigenvalue weighted by Gasteiger charge is -2.15. The van der Waals surface area contributed by atoms with Crippen molar-refractivity contribution < 1.29 is 9.90 Å². The fourth-order valence-electron chi connectivity index (χ4n) is 1.79. The van der Waals surface area contributed by atoms with Crippen molar-refractivity contribution in [3.8, 4) is 5.75 Å². The summed E-state index contributed by atoms with van der Waals surface area (Å²) >= 11 is 5.82. The van der Waals surface area contributed by atoms with E-state index < -0.39 is 0 Å². The summed E-state index contributed by atoms with van der Waals surface area (Å²) in [5, 5.41) is 12.9. The van der Waals surface area contributed by atoms with E-state index in [1.165, 1.54) is 18.2 Å². The van der Waals surface area contributed by atoms with Gasteiger partial charge in [-0.15, -0.1) is 0 Å². The Balaban J connectivity index is 2.15. The maximum atomic E-state index is 12.1. The Morgan fingerprint density at radius 3 is 2.58 bits per heavy atom. The third-order valence-corrected chi connectivity index (χ3v) is 3.09. The van der Waals surface area contributed by atoms with E-state index in [4.69, 9.17) is 11.6 Å². The first kappa shape index (κ1) is 13.4. The van der Waals surface area contributed by atoms with Crippen LogP contribution in [0, 0.1) is 0 Å². The van der Waals surface area contributed by atoms with Crippen LogP contribution in [0.5, 0.6) is 5.75 Å². The quantitative estimate of drug-likeness (QED) is 0.900. The molecule has 1 amide bonds. The highest BCUT2D eigenvalue weighted by Crippen LogP contribution is 2.22. The Labute approximate surface area is 116 Å². The molecule has 0 aromatic heterocycles. The first-order valence-corrected chi connectivity index (χ1v) is 6.30. The van der Waals surface area contributed by atoms with Gasteiger partial charge in [-0.3, -0.25) is 4.79 Å². The predicted octanol–water partition coefficient (Wildman–Crippen LogP) is 3.54. The van der Waals surface area contributed by atoms with Gasteiger partial charge in [0.25, 0.3) is 5.91 Å². The molecule has 0 aliphatic rings. The Bertz CT molecular complexity index is 584. The van der Waals surface area contributed by atoms with Crippen LogP contribution in [0.2, 0.25) is 5.02 Å². The summed E-state index contributed by atoms with van der Waals surface area (Å²) in [7, 11) is 0. The summed E-state index contributed by atoms with van der Waals surface area (Å²) in [4.78, 5) is 12.1. The summed E-state index contributed by atoms with van der Waals surface area (Å²) in [5.74, 6) is -0.432. The molecule has 3 nitrogen and oxygen atoms in total. The lowest BCUT2D eigenvalue weighted by Crippen LogP contribution is -2.26. The number of nitrogens with one attached hydrogen (secondary N) is 1. The zero-order valence-electron chi connectivity index (χ0n) is 10.4. The van der Waals surface area contributed by atoms with E-state index in [-0.39, 0.29) is 23.3 Å². The Kier molecular flexibility index (Phi) is 4.07. The third-order valence-electron chi connectivity index (χ3n) is 2.85. The predicted molar refractivity (Wildman–Crippen MR) is 75.4 cm³/mol. The van der Waals surface area contributed by atoms with Crippen molar-refractivity contribution in [2.45, 2.75) is 13.0 Å². The minimum atomic E-state index is -0.351. The molecule has 98 valence electrons. The third kappa shape index (κ3) is 3.26. The Morgan fingerprint density at radius 2 is 1.89 bits per heavy atom. The number of hydrogen-bond acceptors (Lipinski definition) is 2. The SMILES string of the molecule is C[C@H](NC(=O)c1cc(Cl)ccc1O)c1ccccc1. The van der Waals surface area contributed by atoms with Crippen molar-refractivity contribution >= 4 is 17.5 Å². The van der Waals surface area contributed by atoms with Crippen molar-refractivity contribution in [2.24, 2.45) is 0 Å². The average Bonchev–Trinajstić information content (AvgIpc) is 2.42. The van der Waals surface area contributed by atoms with Crippen LogP contribution in [0.4, 0.5) is 0 Å². The lowest BCUT2D eigenvalue weighted by atomic mass is 10.1. The van der Waals surface area contributed by atoms with E-state index in [1.54, 1.807) is 0 Å². The molecule has 2 N–H and O–H groups in total. The van der Waals surface area contributed by atoms with Crippen molar-refractivity contribution in [3.63, 3.8) is 0 Å². The highest BCUT2D eigenvalue weighted by Gasteiger charge is 2.14. The number of carbonyl (C=O) groups excluding carboxylic acids is 1. The van der Waals surface area contributed by atoms with Gasteiger partial charge in [-0.2, -0.15) is 0 Å². The summed E-state index contributed by atoms with van der Waals surface area (Å²) in [6.45, 7) is 1.88. The molecule has 0 aliphatic carbocycles. The van der Waals surface area contributed by atoms with Gasteiger partial charge < -0.3 is 10.4 Å². The fourth-order valence-corrected chi connectivity index (χ4v) is 1.96. The normalized spacial score (nSPS) is 11.9. The molecule has 2 aromatic carbocycles. The van der Waals surface area contributed by atoms with E-state index in [1.807, 2.05) is 37.3 Å². The Hall–Kier alpha value is -2.00. The molecular formula is C15H14ClNO2. The monoisotopic (exact) mass is 275 g/mol. The van der Waals surface area contributed by atoms with Gasteiger partial charge >= 0.3 is 0 Å². The molecule has 2 rings (SSSR count). The minimum absolute atomic E-state index is 0.0813. The zero-order chi connectivity index (χ0) is 13.8. The molecule has 0 aliphatic heterocycles. The van der Waals surface area contributed by atoms with Crippen molar-refractivity contribution in [1.82, 2.24) is 5.32 Å². The first-order valence-electron chi connectivity index (χ1n) is 5.92. The largest absolute Gasteiger partial charge is 0.507 e. The number of phenolic OH excluding ortho intramolecular Hbond substituents is 1. The van der Waals surface area contributed by atoms with Crippen molar-refractivity contribution in [2.75, 3.05) is 0 Å². The van der Waals surface area contributed by atoms with E-state index in [0.717, 1.165) is 5.56 Å². The molecule has 0 saturated heterocycles. The highest BCUT2D eigenvalue weighted by molar-refractivity contribution is 6.31. The number of rotatable bonds is 3. The van der Waals surface area contributed by atoms with E-state index in [9.17, 15) is 9.90 Å². The van der Waals surface area contributed by atoms with Crippen LogP contribution >= 0.6 is 11.6 Å². The first-order chi connectivity index (χ1) is 9.08. The molecule has 0 unspecified atom stereocenters. The van der Waals surface area contributed by atoms with E-state index in [2.05, 4.69) is 5.32 Å². The zero-order valence-corrected chi connectivity index (χ0v) is 11.2. The molecule has 1 atom stereocenters. The minimum Gasteiger partial charge on any atom is -0.507 e. The van der Waals surface area contributed by atoms with Gasteiger partial charge in [-0.25, -0.2) is 0 Å². The number of amides is 1. The number of carbonyl (C=O) groups is 1. The van der Waals surface area contributed by atoms with Crippen LogP contribution in [0.25, 0.3) is 0 Å². The summed E-state index contributed by atoms with van der Waals surface area (Å²) in [5.41, 5.74) is 1.17. The smallest absolute Gasteiger partial charge is 0.255 e. The van der Waals surface area contributed by atoms with Crippen molar-refractivity contribution in [1.29, 1.82) is 0 Å². The second kappa shape index (κ2) is 5.76. The second-order valence-electron chi connectivity index (χ2n) is 4.27. The number of halogens is 1. The summed E-state index contributed by atoms with van der Waals surface area (Å²) in [6.07, 6.45) is 0. The van der Waals surface area contributed by atoms with Gasteiger partial charge in [0.2, 0.25) is 0 Å². The van der Waals surface area contributed by atoms with Crippen LogP contribution in [0.1, 0.15) is 28.9 Å². The number of aromatic hydroxyl groups is 1. The molecule has 0 saturated carbocycles. The number of benzene rings is 2. The van der Waals surface area contributed by atoms with E-state index >= 15 is 0 Å². The van der Waals surface area contributed by atoms with Crippen molar-refractivity contribution in [3.05, 3.63) is 64.7 Å². The van der Waals surface area contributed by atoms with E-state index in [0.29, 0.717) is 5.02 Å². The van der Waals surface area contributed by atoms with Gasteiger partial charge in [0, 0.05) is 5.02 Å². The van der Waals surface area contributed by atoms with Crippen LogP contribution in [0.3, 0.4) is 0 Å². The number of hydrogen-bond donors (Lipinski definition) is 2. The van der Waals surface area contributed by atoms with Gasteiger partial charge in [0.15, 0.2) is 0 Å². The van der Waals surface area contributed by atoms with Crippen LogP contribution in [-0.2, 0) is 0 Å². The van der Waals surface area contributed by atoms with Gasteiger partial charge in [0.1, 0.15) is 5.75 Å². The molecule has 0 bridgehead atoms. The summed E-state index contributed by atoms with van der Waals surface area (Å²) < 4.78 is 0. The maximum absolute atomic E-state index is 12.1. The van der Waals surface area contributed by atoms with Crippen LogP contribution < -0.4 is 5.32 Å². The lowest BCUT2D eigenvalue weighted by molar-refractivity contribution is 0.0937. The van der Waals surface area contributed by atoms with Crippen LogP contribution in [-0.4, -0.2) is 11.0 Å². The average molecular weight is 276 g/mol. The summed E-state index contributed by atoms with van der Waals surface area (Å²) in [6, 6.07) is 13.9. The molecular weight excluding hydrogens is 262 g/mol. The fraction of sp³-hybridized carbons (Fsp3) is 0.133. The standard InChI is InChI=1S/C15H14ClNO2/c1-10(11-5-3-2-4-6-11)17-15(19)13-9-12(16)7-8-14(13)18/h2-10,18H,1H3,(H,17,19)/t10-/m0/s1. The topological polar surface area (TPSA) is 49.3 Å². The Morgan fingerprint density at radius 1 is 1.21 bits per heavy atom. The van der Waals surface area contributed by atoms with Crippen LogP contribution in [0.15, 0.2) is 48.5 Å². The number of phenols is 1. The molecule has 4 heteroatoms. The maximum Gasteiger partial charge on any atom is 0.255 e. The molecule has 2 aromatic rings. The molecule has 0 spiro atoms.